The van der Waals surface area contributed by atoms with Crippen molar-refractivity contribution in [2.24, 2.45) is 0 Å². The Morgan fingerprint density at radius 1 is 1.50 bits per heavy atom. The molecule has 0 aliphatic carbocycles. The van der Waals surface area contributed by atoms with Crippen LogP contribution in [0, 0.1) is 18.3 Å². The highest BCUT2D eigenvalue weighted by atomic mass is 16.2. The largest absolute Gasteiger partial charge is 0.353 e. The van der Waals surface area contributed by atoms with Gasteiger partial charge in [0.05, 0.1) is 17.6 Å². The quantitative estimate of drug-likeness (QED) is 0.822. The smallest absolute Gasteiger partial charge is 0.317 e. The summed E-state index contributed by atoms with van der Waals surface area (Å²) in [6.07, 6.45) is 0.889. The molecule has 1 aromatic heterocycles. The lowest BCUT2D eigenvalue weighted by molar-refractivity contribution is 0.212. The maximum atomic E-state index is 11.7. The van der Waals surface area contributed by atoms with Gasteiger partial charge in [-0.2, -0.15) is 5.26 Å². The van der Waals surface area contributed by atoms with Crippen molar-refractivity contribution < 1.29 is 4.79 Å². The summed E-state index contributed by atoms with van der Waals surface area (Å²) >= 11 is 0. The van der Waals surface area contributed by atoms with Gasteiger partial charge in [0.25, 0.3) is 0 Å². The van der Waals surface area contributed by atoms with Gasteiger partial charge >= 0.3 is 6.03 Å². The predicted molar refractivity (Wildman–Crippen MR) is 74.4 cm³/mol. The second-order valence-corrected chi connectivity index (χ2v) is 5.40. The normalized spacial score (nSPS) is 25.1. The standard InChI is InChI=1S/C14H17N5O/c1-9-3-4-10(7-15)13(16-9)19-6-5-12-11(8-19)17-14(20)18(12)2/h3-4,11-12H,5-6,8H2,1-2H3,(H,17,20)/t11-,12+/m1/s1. The maximum absolute atomic E-state index is 11.7. The molecule has 0 spiro atoms. The first-order valence-corrected chi connectivity index (χ1v) is 6.76. The summed E-state index contributed by atoms with van der Waals surface area (Å²) in [6.45, 7) is 3.43. The van der Waals surface area contributed by atoms with Crippen molar-refractivity contribution in [1.29, 1.82) is 5.26 Å². The fraction of sp³-hybridized carbons (Fsp3) is 0.500. The molecule has 2 aliphatic rings. The lowest BCUT2D eigenvalue weighted by Gasteiger charge is -2.36. The number of nitriles is 1. The average Bonchev–Trinajstić information content (AvgIpc) is 2.73. The Bertz CT molecular complexity index is 594. The number of pyridine rings is 1. The Hall–Kier alpha value is -2.29. The molecular weight excluding hydrogens is 254 g/mol. The summed E-state index contributed by atoms with van der Waals surface area (Å²) in [5.74, 6) is 0.731. The summed E-state index contributed by atoms with van der Waals surface area (Å²) in [5, 5.41) is 12.2. The number of hydrogen-bond acceptors (Lipinski definition) is 4. The van der Waals surface area contributed by atoms with Gasteiger partial charge in [-0.05, 0) is 25.5 Å². The molecule has 0 saturated carbocycles. The number of carbonyl (C=O) groups excluding carboxylic acids is 1. The molecule has 104 valence electrons. The topological polar surface area (TPSA) is 72.3 Å². The first-order valence-electron chi connectivity index (χ1n) is 6.76. The van der Waals surface area contributed by atoms with E-state index in [0.29, 0.717) is 12.1 Å². The number of urea groups is 1. The monoisotopic (exact) mass is 271 g/mol. The fourth-order valence-electron chi connectivity index (χ4n) is 3.02. The van der Waals surface area contributed by atoms with Crippen molar-refractivity contribution in [2.45, 2.75) is 25.4 Å². The molecule has 6 nitrogen and oxygen atoms in total. The van der Waals surface area contributed by atoms with Crippen LogP contribution in [0.4, 0.5) is 10.6 Å². The average molecular weight is 271 g/mol. The number of nitrogens with zero attached hydrogens (tertiary/aromatic N) is 4. The number of anilines is 1. The van der Waals surface area contributed by atoms with Gasteiger partial charge in [0.1, 0.15) is 11.9 Å². The summed E-state index contributed by atoms with van der Waals surface area (Å²) in [5.41, 5.74) is 1.49. The van der Waals surface area contributed by atoms with E-state index in [1.807, 2.05) is 26.1 Å². The van der Waals surface area contributed by atoms with Crippen LogP contribution in [0.1, 0.15) is 17.7 Å². The Morgan fingerprint density at radius 2 is 2.30 bits per heavy atom. The number of fused-ring (bicyclic) bond motifs is 1. The molecule has 3 heterocycles. The summed E-state index contributed by atoms with van der Waals surface area (Å²) in [4.78, 5) is 20.1. The molecule has 0 radical (unpaired) electrons. The molecule has 20 heavy (non-hydrogen) atoms. The number of rotatable bonds is 1. The molecule has 6 heteroatoms. The third-order valence-electron chi connectivity index (χ3n) is 4.14. The Kier molecular flexibility index (Phi) is 2.97. The minimum atomic E-state index is -0.0143. The number of nitrogens with one attached hydrogen (secondary N) is 1. The first-order chi connectivity index (χ1) is 9.60. The van der Waals surface area contributed by atoms with Crippen molar-refractivity contribution in [1.82, 2.24) is 15.2 Å². The molecule has 2 fully saturated rings. The second-order valence-electron chi connectivity index (χ2n) is 5.40. The van der Waals surface area contributed by atoms with Crippen LogP contribution < -0.4 is 10.2 Å². The van der Waals surface area contributed by atoms with E-state index in [-0.39, 0.29) is 18.1 Å². The predicted octanol–water partition coefficient (Wildman–Crippen LogP) is 0.864. The zero-order valence-corrected chi connectivity index (χ0v) is 11.6. The van der Waals surface area contributed by atoms with Gasteiger partial charge < -0.3 is 15.1 Å². The Balaban J connectivity index is 1.86. The van der Waals surface area contributed by atoms with E-state index < -0.39 is 0 Å². The van der Waals surface area contributed by atoms with Gasteiger partial charge in [-0.1, -0.05) is 0 Å². The molecule has 3 rings (SSSR count). The third kappa shape index (κ3) is 1.95. The Morgan fingerprint density at radius 3 is 3.05 bits per heavy atom. The van der Waals surface area contributed by atoms with Crippen LogP contribution >= 0.6 is 0 Å². The minimum Gasteiger partial charge on any atom is -0.353 e. The zero-order chi connectivity index (χ0) is 14.3. The maximum Gasteiger partial charge on any atom is 0.317 e. The van der Waals surface area contributed by atoms with Crippen molar-refractivity contribution in [3.05, 3.63) is 23.4 Å². The van der Waals surface area contributed by atoms with Crippen molar-refractivity contribution in [2.75, 3.05) is 25.0 Å². The number of aromatic nitrogens is 1. The highest BCUT2D eigenvalue weighted by Crippen LogP contribution is 2.26. The SMILES string of the molecule is Cc1ccc(C#N)c(N2CC[C@H]3[C@@H](C2)NC(=O)N3C)n1. The molecule has 2 aliphatic heterocycles. The third-order valence-corrected chi connectivity index (χ3v) is 4.14. The summed E-state index contributed by atoms with van der Waals surface area (Å²) in [6, 6.07) is 6.19. The van der Waals surface area contributed by atoms with E-state index in [1.54, 1.807) is 4.90 Å². The van der Waals surface area contributed by atoms with Crippen LogP contribution in [0.15, 0.2) is 12.1 Å². The zero-order valence-electron chi connectivity index (χ0n) is 11.6. The number of aryl methyl sites for hydroxylation is 1. The van der Waals surface area contributed by atoms with Crippen molar-refractivity contribution in [3.63, 3.8) is 0 Å². The van der Waals surface area contributed by atoms with Crippen LogP contribution in [0.5, 0.6) is 0 Å². The lowest BCUT2D eigenvalue weighted by atomic mass is 10.00. The van der Waals surface area contributed by atoms with Crippen LogP contribution in [0.25, 0.3) is 0 Å². The highest BCUT2D eigenvalue weighted by Gasteiger charge is 2.41. The van der Waals surface area contributed by atoms with Gasteiger partial charge in [-0.3, -0.25) is 0 Å². The molecular formula is C14H17N5O. The molecule has 0 aromatic carbocycles. The van der Waals surface area contributed by atoms with Crippen molar-refractivity contribution in [3.8, 4) is 6.07 Å². The van der Waals surface area contributed by atoms with Gasteiger partial charge in [0, 0.05) is 25.8 Å². The van der Waals surface area contributed by atoms with Gasteiger partial charge in [-0.25, -0.2) is 9.78 Å². The van der Waals surface area contributed by atoms with E-state index >= 15 is 0 Å². The summed E-state index contributed by atoms with van der Waals surface area (Å²) < 4.78 is 0. The minimum absolute atomic E-state index is 0.0143. The van der Waals surface area contributed by atoms with Crippen LogP contribution in [0.2, 0.25) is 0 Å². The van der Waals surface area contributed by atoms with E-state index in [2.05, 4.69) is 21.3 Å². The van der Waals surface area contributed by atoms with Crippen LogP contribution in [-0.4, -0.2) is 48.1 Å². The van der Waals surface area contributed by atoms with E-state index in [0.717, 1.165) is 24.5 Å². The molecule has 1 N–H and O–H groups in total. The highest BCUT2D eigenvalue weighted by molar-refractivity contribution is 5.77. The fourth-order valence-corrected chi connectivity index (χ4v) is 3.02. The van der Waals surface area contributed by atoms with E-state index in [1.165, 1.54) is 0 Å². The molecule has 2 amide bonds. The molecule has 2 atom stereocenters. The number of amides is 2. The molecule has 2 saturated heterocycles. The van der Waals surface area contributed by atoms with Crippen LogP contribution in [0.3, 0.4) is 0 Å². The number of carbonyl (C=O) groups is 1. The van der Waals surface area contributed by atoms with Gasteiger partial charge in [-0.15, -0.1) is 0 Å². The second kappa shape index (κ2) is 4.67. The molecule has 0 bridgehead atoms. The van der Waals surface area contributed by atoms with Gasteiger partial charge in [0.2, 0.25) is 0 Å². The first kappa shape index (κ1) is 12.7. The lowest BCUT2D eigenvalue weighted by Crippen LogP contribution is -2.51. The number of likely N-dealkylation sites (N-methyl/N-ethyl adjacent to an activating group) is 1. The Labute approximate surface area is 118 Å². The molecule has 0 unspecified atom stereocenters. The number of hydrogen-bond donors (Lipinski definition) is 1. The summed E-state index contributed by atoms with van der Waals surface area (Å²) in [7, 11) is 1.83. The van der Waals surface area contributed by atoms with Gasteiger partial charge in [0.15, 0.2) is 0 Å². The van der Waals surface area contributed by atoms with Crippen molar-refractivity contribution >= 4 is 11.8 Å². The number of piperidine rings is 1. The van der Waals surface area contributed by atoms with Crippen LogP contribution in [-0.2, 0) is 0 Å². The molecule has 1 aromatic rings. The van der Waals surface area contributed by atoms with E-state index in [9.17, 15) is 10.1 Å². The van der Waals surface area contributed by atoms with E-state index in [4.69, 9.17) is 0 Å².